The summed E-state index contributed by atoms with van der Waals surface area (Å²) < 4.78 is 0. The quantitative estimate of drug-likeness (QED) is 0.765. The van der Waals surface area contributed by atoms with E-state index in [2.05, 4.69) is 6.07 Å². The molecule has 2 saturated heterocycles. The number of rotatable bonds is 1. The summed E-state index contributed by atoms with van der Waals surface area (Å²) in [5.74, 6) is 0.169. The number of amides is 2. The van der Waals surface area contributed by atoms with Crippen LogP contribution < -0.4 is 0 Å². The molecule has 1 aliphatic carbocycles. The van der Waals surface area contributed by atoms with Crippen molar-refractivity contribution in [1.29, 1.82) is 5.26 Å². The van der Waals surface area contributed by atoms with E-state index in [0.29, 0.717) is 38.3 Å². The van der Waals surface area contributed by atoms with Crippen molar-refractivity contribution in [3.8, 4) is 6.07 Å². The topological polar surface area (TPSA) is 84.6 Å². The molecule has 0 radical (unpaired) electrons. The summed E-state index contributed by atoms with van der Waals surface area (Å²) in [7, 11) is 0. The summed E-state index contributed by atoms with van der Waals surface area (Å²) in [6.07, 6.45) is 2.68. The van der Waals surface area contributed by atoms with Crippen LogP contribution in [0.15, 0.2) is 0 Å². The van der Waals surface area contributed by atoms with Crippen LogP contribution in [0.2, 0.25) is 0 Å². The van der Waals surface area contributed by atoms with Gasteiger partial charge in [-0.05, 0) is 38.0 Å². The third kappa shape index (κ3) is 1.61. The van der Waals surface area contributed by atoms with Crippen LogP contribution in [0.5, 0.6) is 0 Å². The second-order valence-corrected chi connectivity index (χ2v) is 5.82. The molecule has 1 saturated carbocycles. The third-order valence-corrected chi connectivity index (χ3v) is 4.84. The molecule has 2 amide bonds. The lowest BCUT2D eigenvalue weighted by Crippen LogP contribution is -2.58. The van der Waals surface area contributed by atoms with E-state index >= 15 is 0 Å². The van der Waals surface area contributed by atoms with E-state index in [1.54, 1.807) is 4.90 Å². The standard InChI is InChI=1S/C13H17N3O3/c14-7-10-2-1-5-15(10)11(17)13-4-3-9(6-13)8-16(13)12(18)19/h9-10H,1-6,8H2,(H,18,19)/t9?,10-,13?/m0/s1. The molecule has 2 aliphatic heterocycles. The number of nitriles is 1. The van der Waals surface area contributed by atoms with E-state index in [1.807, 2.05) is 0 Å². The molecule has 102 valence electrons. The molecular formula is C13H17N3O3. The summed E-state index contributed by atoms with van der Waals surface area (Å²) in [6.45, 7) is 1.04. The van der Waals surface area contributed by atoms with Gasteiger partial charge in [0.25, 0.3) is 0 Å². The van der Waals surface area contributed by atoms with Crippen LogP contribution >= 0.6 is 0 Å². The first kappa shape index (κ1) is 12.3. The van der Waals surface area contributed by atoms with Crippen LogP contribution in [0.4, 0.5) is 4.79 Å². The average molecular weight is 263 g/mol. The maximum absolute atomic E-state index is 12.8. The fraction of sp³-hybridized carbons (Fsp3) is 0.769. The largest absolute Gasteiger partial charge is 0.465 e. The summed E-state index contributed by atoms with van der Waals surface area (Å²) in [5.41, 5.74) is -0.879. The fourth-order valence-corrected chi connectivity index (χ4v) is 3.94. The van der Waals surface area contributed by atoms with Crippen molar-refractivity contribution in [1.82, 2.24) is 9.80 Å². The van der Waals surface area contributed by atoms with E-state index in [1.165, 1.54) is 4.90 Å². The minimum absolute atomic E-state index is 0.140. The number of likely N-dealkylation sites (tertiary alicyclic amines) is 2. The molecule has 2 heterocycles. The number of carbonyl (C=O) groups is 2. The van der Waals surface area contributed by atoms with Gasteiger partial charge >= 0.3 is 6.09 Å². The summed E-state index contributed by atoms with van der Waals surface area (Å²) in [6, 6.07) is 1.78. The van der Waals surface area contributed by atoms with Crippen molar-refractivity contribution in [2.24, 2.45) is 5.92 Å². The minimum Gasteiger partial charge on any atom is -0.465 e. The summed E-state index contributed by atoms with van der Waals surface area (Å²) >= 11 is 0. The number of hydrogen-bond donors (Lipinski definition) is 1. The molecule has 0 aromatic heterocycles. The molecule has 3 atom stereocenters. The zero-order valence-corrected chi connectivity index (χ0v) is 10.7. The number of carboxylic acid groups (broad SMARTS) is 1. The van der Waals surface area contributed by atoms with E-state index in [-0.39, 0.29) is 11.9 Å². The van der Waals surface area contributed by atoms with Gasteiger partial charge in [-0.3, -0.25) is 9.69 Å². The number of piperidine rings is 1. The molecular weight excluding hydrogens is 246 g/mol. The molecule has 6 heteroatoms. The Morgan fingerprint density at radius 2 is 2.16 bits per heavy atom. The average Bonchev–Trinajstić information content (AvgIpc) is 3.11. The Morgan fingerprint density at radius 3 is 2.79 bits per heavy atom. The maximum atomic E-state index is 12.8. The van der Waals surface area contributed by atoms with Crippen LogP contribution in [0.3, 0.4) is 0 Å². The van der Waals surface area contributed by atoms with Gasteiger partial charge in [-0.15, -0.1) is 0 Å². The second kappa shape index (κ2) is 4.12. The predicted octanol–water partition coefficient (Wildman–Crippen LogP) is 1.03. The van der Waals surface area contributed by atoms with E-state index in [9.17, 15) is 14.7 Å². The monoisotopic (exact) mass is 263 g/mol. The third-order valence-electron chi connectivity index (χ3n) is 4.84. The van der Waals surface area contributed by atoms with Crippen molar-refractivity contribution in [3.63, 3.8) is 0 Å². The van der Waals surface area contributed by atoms with Crippen LogP contribution in [0.1, 0.15) is 32.1 Å². The van der Waals surface area contributed by atoms with Gasteiger partial charge in [0.05, 0.1) is 6.07 Å². The van der Waals surface area contributed by atoms with Gasteiger partial charge in [-0.25, -0.2) is 4.79 Å². The molecule has 19 heavy (non-hydrogen) atoms. The lowest BCUT2D eigenvalue weighted by molar-refractivity contribution is -0.142. The van der Waals surface area contributed by atoms with Gasteiger partial charge in [0, 0.05) is 13.1 Å². The Hall–Kier alpha value is -1.77. The van der Waals surface area contributed by atoms with Gasteiger partial charge < -0.3 is 10.0 Å². The Morgan fingerprint density at radius 1 is 1.37 bits per heavy atom. The maximum Gasteiger partial charge on any atom is 0.408 e. The predicted molar refractivity (Wildman–Crippen MR) is 65.2 cm³/mol. The SMILES string of the molecule is N#C[C@@H]1CCCN1C(=O)C12CCC(CN1C(=O)O)C2. The highest BCUT2D eigenvalue weighted by Gasteiger charge is 2.59. The van der Waals surface area contributed by atoms with Crippen LogP contribution in [0, 0.1) is 17.2 Å². The Balaban J connectivity index is 1.89. The van der Waals surface area contributed by atoms with Crippen LogP contribution in [0.25, 0.3) is 0 Å². The number of fused-ring (bicyclic) bond motifs is 2. The normalized spacial score (nSPS) is 36.6. The molecule has 2 bridgehead atoms. The zero-order valence-electron chi connectivity index (χ0n) is 10.7. The molecule has 3 aliphatic rings. The Bertz CT molecular complexity index is 472. The van der Waals surface area contributed by atoms with Gasteiger partial charge in [0.2, 0.25) is 5.91 Å². The van der Waals surface area contributed by atoms with E-state index in [4.69, 9.17) is 5.26 Å². The lowest BCUT2D eigenvalue weighted by atomic mass is 9.94. The van der Waals surface area contributed by atoms with E-state index in [0.717, 1.165) is 12.8 Å². The van der Waals surface area contributed by atoms with Gasteiger partial charge in [0.1, 0.15) is 11.6 Å². The highest BCUT2D eigenvalue weighted by molar-refractivity contribution is 5.91. The lowest BCUT2D eigenvalue weighted by Gasteiger charge is -2.38. The number of carbonyl (C=O) groups excluding carboxylic acids is 1. The van der Waals surface area contributed by atoms with Crippen molar-refractivity contribution in [2.75, 3.05) is 13.1 Å². The zero-order chi connectivity index (χ0) is 13.6. The number of hydrogen-bond acceptors (Lipinski definition) is 3. The first-order chi connectivity index (χ1) is 9.08. The molecule has 6 nitrogen and oxygen atoms in total. The molecule has 1 N–H and O–H groups in total. The summed E-state index contributed by atoms with van der Waals surface area (Å²) in [4.78, 5) is 27.1. The molecule has 3 fully saturated rings. The number of nitrogens with zero attached hydrogens (tertiary/aromatic N) is 3. The van der Waals surface area contributed by atoms with Crippen molar-refractivity contribution >= 4 is 12.0 Å². The molecule has 0 aromatic carbocycles. The van der Waals surface area contributed by atoms with Crippen molar-refractivity contribution in [2.45, 2.75) is 43.7 Å². The first-order valence-corrected chi connectivity index (χ1v) is 6.80. The Kier molecular flexibility index (Phi) is 2.66. The first-order valence-electron chi connectivity index (χ1n) is 6.80. The van der Waals surface area contributed by atoms with Crippen LogP contribution in [-0.2, 0) is 4.79 Å². The molecule has 0 spiro atoms. The minimum atomic E-state index is -1.01. The van der Waals surface area contributed by atoms with Gasteiger partial charge in [-0.1, -0.05) is 0 Å². The highest BCUT2D eigenvalue weighted by Crippen LogP contribution is 2.48. The van der Waals surface area contributed by atoms with Gasteiger partial charge in [0.15, 0.2) is 0 Å². The fourth-order valence-electron chi connectivity index (χ4n) is 3.94. The molecule has 3 rings (SSSR count). The smallest absolute Gasteiger partial charge is 0.408 e. The molecule has 2 unspecified atom stereocenters. The van der Waals surface area contributed by atoms with Gasteiger partial charge in [-0.2, -0.15) is 5.26 Å². The van der Waals surface area contributed by atoms with Crippen LogP contribution in [-0.4, -0.2) is 51.6 Å². The molecule has 0 aromatic rings. The second-order valence-electron chi connectivity index (χ2n) is 5.82. The van der Waals surface area contributed by atoms with Crippen molar-refractivity contribution in [3.05, 3.63) is 0 Å². The Labute approximate surface area is 111 Å². The van der Waals surface area contributed by atoms with E-state index < -0.39 is 11.6 Å². The van der Waals surface area contributed by atoms with Crippen molar-refractivity contribution < 1.29 is 14.7 Å². The highest BCUT2D eigenvalue weighted by atomic mass is 16.4. The summed E-state index contributed by atoms with van der Waals surface area (Å²) in [5, 5.41) is 18.4.